The van der Waals surface area contributed by atoms with Gasteiger partial charge in [-0.1, -0.05) is 28.1 Å². The second kappa shape index (κ2) is 5.76. The molecule has 1 aliphatic rings. The quantitative estimate of drug-likeness (QED) is 0.797. The van der Waals surface area contributed by atoms with Crippen LogP contribution < -0.4 is 0 Å². The van der Waals surface area contributed by atoms with E-state index < -0.39 is 0 Å². The molecule has 1 aliphatic heterocycles. The Bertz CT molecular complexity index is 389. The van der Waals surface area contributed by atoms with Gasteiger partial charge < -0.3 is 9.69 Å². The van der Waals surface area contributed by atoms with Crippen molar-refractivity contribution in [2.24, 2.45) is 0 Å². The van der Waals surface area contributed by atoms with Crippen molar-refractivity contribution in [3.63, 3.8) is 0 Å². The lowest BCUT2D eigenvalue weighted by atomic mass is 10.1. The molecule has 0 saturated carbocycles. The zero-order valence-electron chi connectivity index (χ0n) is 9.97. The Morgan fingerprint density at radius 3 is 2.59 bits per heavy atom. The van der Waals surface area contributed by atoms with Gasteiger partial charge in [0.1, 0.15) is 6.29 Å². The maximum absolute atomic E-state index is 11.3. The summed E-state index contributed by atoms with van der Waals surface area (Å²) in [4.78, 5) is 15.9. The summed E-state index contributed by atoms with van der Waals surface area (Å²) < 4.78 is 1.02. The lowest BCUT2D eigenvalue weighted by molar-refractivity contribution is -0.113. The van der Waals surface area contributed by atoms with Gasteiger partial charge >= 0.3 is 0 Å². The van der Waals surface area contributed by atoms with E-state index in [-0.39, 0.29) is 6.04 Å². The van der Waals surface area contributed by atoms with Crippen LogP contribution in [0.1, 0.15) is 11.6 Å². The molecule has 0 aromatic heterocycles. The molecule has 0 spiro atoms. The first-order chi connectivity index (χ1) is 8.20. The Morgan fingerprint density at radius 2 is 2.00 bits per heavy atom. The first-order valence-corrected chi connectivity index (χ1v) is 6.63. The van der Waals surface area contributed by atoms with Crippen molar-refractivity contribution >= 4 is 22.2 Å². The van der Waals surface area contributed by atoms with Crippen molar-refractivity contribution in [2.75, 3.05) is 33.2 Å². The average Bonchev–Trinajstić information content (AvgIpc) is 2.33. The maximum atomic E-state index is 11.3. The number of carbonyl (C=O) groups is 1. The van der Waals surface area contributed by atoms with Crippen molar-refractivity contribution in [3.8, 4) is 0 Å². The van der Waals surface area contributed by atoms with Gasteiger partial charge in [-0.15, -0.1) is 0 Å². The Morgan fingerprint density at radius 1 is 1.29 bits per heavy atom. The van der Waals surface area contributed by atoms with Crippen molar-refractivity contribution in [3.05, 3.63) is 34.3 Å². The summed E-state index contributed by atoms with van der Waals surface area (Å²) in [7, 11) is 2.12. The van der Waals surface area contributed by atoms with Crippen molar-refractivity contribution in [2.45, 2.75) is 6.04 Å². The van der Waals surface area contributed by atoms with Crippen LogP contribution in [-0.2, 0) is 4.79 Å². The Hall–Kier alpha value is -0.710. The Labute approximate surface area is 111 Å². The Kier molecular flexibility index (Phi) is 4.31. The van der Waals surface area contributed by atoms with Crippen molar-refractivity contribution in [1.82, 2.24) is 9.80 Å². The fourth-order valence-electron chi connectivity index (χ4n) is 2.17. The molecule has 1 heterocycles. The van der Waals surface area contributed by atoms with E-state index in [9.17, 15) is 4.79 Å². The van der Waals surface area contributed by atoms with E-state index in [2.05, 4.69) is 32.8 Å². The number of hydrogen-bond donors (Lipinski definition) is 0. The summed E-state index contributed by atoms with van der Waals surface area (Å²) in [6.07, 6.45) is 1.05. The third kappa shape index (κ3) is 3.15. The third-order valence-corrected chi connectivity index (χ3v) is 3.74. The van der Waals surface area contributed by atoms with Crippen LogP contribution in [-0.4, -0.2) is 49.3 Å². The number of nitrogens with zero attached hydrogens (tertiary/aromatic N) is 2. The molecule has 0 N–H and O–H groups in total. The van der Waals surface area contributed by atoms with E-state index in [1.54, 1.807) is 0 Å². The molecule has 3 nitrogen and oxygen atoms in total. The number of carbonyl (C=O) groups excluding carboxylic acids is 1. The number of hydrogen-bond acceptors (Lipinski definition) is 3. The largest absolute Gasteiger partial charge is 0.304 e. The van der Waals surface area contributed by atoms with Crippen molar-refractivity contribution < 1.29 is 4.79 Å². The molecule has 2 rings (SSSR count). The summed E-state index contributed by atoms with van der Waals surface area (Å²) in [6, 6.07) is 7.89. The summed E-state index contributed by atoms with van der Waals surface area (Å²) >= 11 is 3.45. The van der Waals surface area contributed by atoms with Crippen LogP contribution in [0.25, 0.3) is 0 Å². The van der Waals surface area contributed by atoms with Crippen LogP contribution in [0.2, 0.25) is 0 Å². The molecule has 1 aromatic carbocycles. The summed E-state index contributed by atoms with van der Waals surface area (Å²) in [6.45, 7) is 3.95. The molecule has 0 bridgehead atoms. The molecule has 92 valence electrons. The highest BCUT2D eigenvalue weighted by Gasteiger charge is 2.23. The van der Waals surface area contributed by atoms with Crippen LogP contribution in [0.3, 0.4) is 0 Å². The molecule has 1 saturated heterocycles. The van der Waals surface area contributed by atoms with Gasteiger partial charge in [-0.3, -0.25) is 4.90 Å². The van der Waals surface area contributed by atoms with Crippen LogP contribution in [0.5, 0.6) is 0 Å². The molecule has 0 radical (unpaired) electrons. The first kappa shape index (κ1) is 12.7. The van der Waals surface area contributed by atoms with Gasteiger partial charge in [0.05, 0.1) is 6.04 Å². The van der Waals surface area contributed by atoms with Crippen LogP contribution in [0.4, 0.5) is 0 Å². The van der Waals surface area contributed by atoms with E-state index in [1.165, 1.54) is 0 Å². The lowest BCUT2D eigenvalue weighted by Gasteiger charge is -2.35. The predicted octanol–water partition coefficient (Wildman–Crippen LogP) is 1.94. The standard InChI is InChI=1S/C13H17BrN2O/c1-15-5-7-16(8-6-15)13(10-17)11-3-2-4-12(14)9-11/h2-4,9-10,13H,5-8H2,1H3. The molecule has 1 unspecified atom stereocenters. The van der Waals surface area contributed by atoms with E-state index >= 15 is 0 Å². The van der Waals surface area contributed by atoms with E-state index in [4.69, 9.17) is 0 Å². The summed E-state index contributed by atoms with van der Waals surface area (Å²) in [5.74, 6) is 0. The molecule has 4 heteroatoms. The number of aldehydes is 1. The van der Waals surface area contributed by atoms with Gasteiger partial charge in [0, 0.05) is 30.7 Å². The molecular weight excluding hydrogens is 280 g/mol. The van der Waals surface area contributed by atoms with Gasteiger partial charge in [0.25, 0.3) is 0 Å². The highest BCUT2D eigenvalue weighted by Crippen LogP contribution is 2.22. The van der Waals surface area contributed by atoms with E-state index in [0.29, 0.717) is 0 Å². The number of benzene rings is 1. The second-order valence-electron chi connectivity index (χ2n) is 4.48. The average molecular weight is 297 g/mol. The van der Waals surface area contributed by atoms with E-state index in [1.807, 2.05) is 24.3 Å². The smallest absolute Gasteiger partial charge is 0.141 e. The van der Waals surface area contributed by atoms with Gasteiger partial charge in [0.15, 0.2) is 0 Å². The normalized spacial score (nSPS) is 20.1. The van der Waals surface area contributed by atoms with Gasteiger partial charge in [-0.25, -0.2) is 0 Å². The topological polar surface area (TPSA) is 23.6 Å². The summed E-state index contributed by atoms with van der Waals surface area (Å²) in [5.41, 5.74) is 1.07. The number of rotatable bonds is 3. The second-order valence-corrected chi connectivity index (χ2v) is 5.39. The maximum Gasteiger partial charge on any atom is 0.141 e. The zero-order chi connectivity index (χ0) is 12.3. The molecular formula is C13H17BrN2O. The summed E-state index contributed by atoms with van der Waals surface area (Å²) in [5, 5.41) is 0. The Balaban J connectivity index is 2.13. The monoisotopic (exact) mass is 296 g/mol. The van der Waals surface area contributed by atoms with Gasteiger partial charge in [-0.2, -0.15) is 0 Å². The third-order valence-electron chi connectivity index (χ3n) is 3.25. The highest BCUT2D eigenvalue weighted by molar-refractivity contribution is 9.10. The zero-order valence-corrected chi connectivity index (χ0v) is 11.6. The number of likely N-dealkylation sites (N-methyl/N-ethyl adjacent to an activating group) is 1. The lowest BCUT2D eigenvalue weighted by Crippen LogP contribution is -2.46. The van der Waals surface area contributed by atoms with Crippen LogP contribution in [0.15, 0.2) is 28.7 Å². The van der Waals surface area contributed by atoms with Crippen LogP contribution in [0, 0.1) is 0 Å². The molecule has 0 aliphatic carbocycles. The minimum absolute atomic E-state index is 0.110. The highest BCUT2D eigenvalue weighted by atomic mass is 79.9. The van der Waals surface area contributed by atoms with Crippen LogP contribution >= 0.6 is 15.9 Å². The minimum atomic E-state index is -0.110. The molecule has 1 fully saturated rings. The molecule has 17 heavy (non-hydrogen) atoms. The predicted molar refractivity (Wildman–Crippen MR) is 72.0 cm³/mol. The van der Waals surface area contributed by atoms with E-state index in [0.717, 1.165) is 42.5 Å². The number of halogens is 1. The number of piperazine rings is 1. The molecule has 1 atom stereocenters. The van der Waals surface area contributed by atoms with Crippen molar-refractivity contribution in [1.29, 1.82) is 0 Å². The van der Waals surface area contributed by atoms with Gasteiger partial charge in [-0.05, 0) is 24.7 Å². The molecule has 0 amide bonds. The first-order valence-electron chi connectivity index (χ1n) is 5.84. The fraction of sp³-hybridized carbons (Fsp3) is 0.462. The van der Waals surface area contributed by atoms with Gasteiger partial charge in [0.2, 0.25) is 0 Å². The minimum Gasteiger partial charge on any atom is -0.304 e. The molecule has 1 aromatic rings. The fourth-order valence-corrected chi connectivity index (χ4v) is 2.58. The SMILES string of the molecule is CN1CCN(C(C=O)c2cccc(Br)c2)CC1.